The molecule has 0 fully saturated rings. The summed E-state index contributed by atoms with van der Waals surface area (Å²) in [5.41, 5.74) is 9.23. The zero-order valence-electron chi connectivity index (χ0n) is 11.4. The van der Waals surface area contributed by atoms with Gasteiger partial charge in [0.1, 0.15) is 17.3 Å². The zero-order valence-corrected chi connectivity index (χ0v) is 11.4. The van der Waals surface area contributed by atoms with Crippen LogP contribution in [0.5, 0.6) is 0 Å². The molecule has 0 saturated heterocycles. The van der Waals surface area contributed by atoms with Crippen molar-refractivity contribution >= 4 is 5.82 Å². The number of hydrogen-bond donors (Lipinski definition) is 1. The summed E-state index contributed by atoms with van der Waals surface area (Å²) in [6.07, 6.45) is 3.61. The predicted octanol–water partition coefficient (Wildman–Crippen LogP) is 2.80. The van der Waals surface area contributed by atoms with Crippen molar-refractivity contribution in [3.8, 4) is 11.3 Å². The Morgan fingerprint density at radius 1 is 1.33 bits per heavy atom. The van der Waals surface area contributed by atoms with Crippen molar-refractivity contribution in [1.29, 1.82) is 0 Å². The van der Waals surface area contributed by atoms with E-state index in [0.717, 1.165) is 35.0 Å². The SMILES string of the molecule is Cc1ccncc1-c1nc(C)n(CC(C)C)c1N. The molecule has 2 rings (SSSR count). The number of nitrogen functional groups attached to an aromatic ring is 1. The standard InChI is InChI=1S/C14H20N4/c1-9(2)8-18-11(4)17-13(14(18)15)12-7-16-6-5-10(12)3/h5-7,9H,8,15H2,1-4H3. The van der Waals surface area contributed by atoms with Crippen molar-refractivity contribution in [1.82, 2.24) is 14.5 Å². The molecule has 0 aliphatic heterocycles. The normalized spacial score (nSPS) is 11.2. The maximum Gasteiger partial charge on any atom is 0.131 e. The average Bonchev–Trinajstić information content (AvgIpc) is 2.57. The molecule has 0 radical (unpaired) electrons. The molecule has 2 N–H and O–H groups in total. The van der Waals surface area contributed by atoms with Crippen molar-refractivity contribution in [2.24, 2.45) is 5.92 Å². The minimum Gasteiger partial charge on any atom is -0.383 e. The lowest BCUT2D eigenvalue weighted by Crippen LogP contribution is -2.09. The molecule has 0 aliphatic carbocycles. The third-order valence-corrected chi connectivity index (χ3v) is 3.04. The summed E-state index contributed by atoms with van der Waals surface area (Å²) in [7, 11) is 0. The zero-order chi connectivity index (χ0) is 13.3. The highest BCUT2D eigenvalue weighted by Crippen LogP contribution is 2.28. The number of aryl methyl sites for hydroxylation is 2. The van der Waals surface area contributed by atoms with Crippen molar-refractivity contribution in [3.05, 3.63) is 29.8 Å². The second-order valence-electron chi connectivity index (χ2n) is 5.09. The van der Waals surface area contributed by atoms with Crippen LogP contribution in [0.4, 0.5) is 5.82 Å². The summed E-state index contributed by atoms with van der Waals surface area (Å²) < 4.78 is 2.08. The van der Waals surface area contributed by atoms with Crippen LogP contribution in [0.25, 0.3) is 11.3 Å². The van der Waals surface area contributed by atoms with E-state index in [-0.39, 0.29) is 0 Å². The lowest BCUT2D eigenvalue weighted by Gasteiger charge is -2.10. The number of hydrogen-bond acceptors (Lipinski definition) is 3. The second-order valence-corrected chi connectivity index (χ2v) is 5.09. The fourth-order valence-electron chi connectivity index (χ4n) is 2.09. The molecule has 0 aliphatic rings. The van der Waals surface area contributed by atoms with E-state index >= 15 is 0 Å². The quantitative estimate of drug-likeness (QED) is 0.903. The van der Waals surface area contributed by atoms with Gasteiger partial charge in [0.15, 0.2) is 0 Å². The third kappa shape index (κ3) is 2.23. The van der Waals surface area contributed by atoms with Crippen LogP contribution in [0.15, 0.2) is 18.5 Å². The molecule has 4 nitrogen and oxygen atoms in total. The average molecular weight is 244 g/mol. The van der Waals surface area contributed by atoms with Gasteiger partial charge in [-0.25, -0.2) is 4.98 Å². The van der Waals surface area contributed by atoms with Gasteiger partial charge in [0.25, 0.3) is 0 Å². The van der Waals surface area contributed by atoms with E-state index in [4.69, 9.17) is 5.73 Å². The molecular formula is C14H20N4. The summed E-state index contributed by atoms with van der Waals surface area (Å²) in [6, 6.07) is 1.98. The third-order valence-electron chi connectivity index (χ3n) is 3.04. The van der Waals surface area contributed by atoms with Gasteiger partial charge < -0.3 is 10.3 Å². The smallest absolute Gasteiger partial charge is 0.131 e. The molecule has 96 valence electrons. The van der Waals surface area contributed by atoms with Crippen LogP contribution in [0, 0.1) is 19.8 Å². The van der Waals surface area contributed by atoms with E-state index in [1.807, 2.05) is 26.1 Å². The van der Waals surface area contributed by atoms with Crippen LogP contribution in [-0.2, 0) is 6.54 Å². The highest BCUT2D eigenvalue weighted by Gasteiger charge is 2.15. The maximum atomic E-state index is 6.23. The Hall–Kier alpha value is -1.84. The molecule has 0 atom stereocenters. The first kappa shape index (κ1) is 12.6. The summed E-state index contributed by atoms with van der Waals surface area (Å²) >= 11 is 0. The van der Waals surface area contributed by atoms with Gasteiger partial charge in [0, 0.05) is 24.5 Å². The molecular weight excluding hydrogens is 224 g/mol. The molecule has 0 bridgehead atoms. The number of nitrogens with zero attached hydrogens (tertiary/aromatic N) is 3. The largest absolute Gasteiger partial charge is 0.383 e. The molecule has 2 aromatic heterocycles. The van der Waals surface area contributed by atoms with Crippen LogP contribution in [0.2, 0.25) is 0 Å². The molecule has 0 amide bonds. The second kappa shape index (κ2) is 4.80. The number of anilines is 1. The highest BCUT2D eigenvalue weighted by molar-refractivity contribution is 5.72. The Kier molecular flexibility index (Phi) is 3.36. The minimum atomic E-state index is 0.544. The number of rotatable bonds is 3. The molecule has 4 heteroatoms. The fraction of sp³-hybridized carbons (Fsp3) is 0.429. The lowest BCUT2D eigenvalue weighted by atomic mass is 10.1. The number of aromatic nitrogens is 3. The molecule has 18 heavy (non-hydrogen) atoms. The Morgan fingerprint density at radius 3 is 2.67 bits per heavy atom. The first-order chi connectivity index (χ1) is 8.50. The first-order valence-corrected chi connectivity index (χ1v) is 6.24. The van der Waals surface area contributed by atoms with Crippen molar-refractivity contribution < 1.29 is 0 Å². The molecule has 0 saturated carbocycles. The van der Waals surface area contributed by atoms with Gasteiger partial charge in [-0.15, -0.1) is 0 Å². The Labute approximate surface area is 108 Å². The summed E-state index contributed by atoms with van der Waals surface area (Å²) in [5.74, 6) is 2.24. The maximum absolute atomic E-state index is 6.23. The van der Waals surface area contributed by atoms with Crippen LogP contribution in [-0.4, -0.2) is 14.5 Å². The predicted molar refractivity (Wildman–Crippen MR) is 74.2 cm³/mol. The van der Waals surface area contributed by atoms with Crippen LogP contribution in [0.3, 0.4) is 0 Å². The topological polar surface area (TPSA) is 56.7 Å². The Morgan fingerprint density at radius 2 is 2.06 bits per heavy atom. The minimum absolute atomic E-state index is 0.544. The molecule has 2 aromatic rings. The lowest BCUT2D eigenvalue weighted by molar-refractivity contribution is 0.518. The van der Waals surface area contributed by atoms with E-state index in [0.29, 0.717) is 5.92 Å². The van der Waals surface area contributed by atoms with E-state index in [1.54, 1.807) is 6.20 Å². The van der Waals surface area contributed by atoms with Crippen LogP contribution in [0.1, 0.15) is 25.2 Å². The van der Waals surface area contributed by atoms with E-state index in [2.05, 4.69) is 28.4 Å². The van der Waals surface area contributed by atoms with Crippen LogP contribution < -0.4 is 5.73 Å². The van der Waals surface area contributed by atoms with Gasteiger partial charge in [-0.1, -0.05) is 13.8 Å². The first-order valence-electron chi connectivity index (χ1n) is 6.24. The van der Waals surface area contributed by atoms with E-state index < -0.39 is 0 Å². The number of pyridine rings is 1. The Balaban J connectivity index is 2.51. The van der Waals surface area contributed by atoms with Crippen molar-refractivity contribution in [2.75, 3.05) is 5.73 Å². The highest BCUT2D eigenvalue weighted by atomic mass is 15.1. The molecule has 0 unspecified atom stereocenters. The number of imidazole rings is 1. The van der Waals surface area contributed by atoms with E-state index in [1.165, 1.54) is 0 Å². The van der Waals surface area contributed by atoms with Gasteiger partial charge in [-0.2, -0.15) is 0 Å². The Bertz CT molecular complexity index is 555. The van der Waals surface area contributed by atoms with Gasteiger partial charge >= 0.3 is 0 Å². The molecule has 2 heterocycles. The molecule has 0 spiro atoms. The summed E-state index contributed by atoms with van der Waals surface area (Å²) in [6.45, 7) is 9.28. The molecule has 0 aromatic carbocycles. The monoisotopic (exact) mass is 244 g/mol. The summed E-state index contributed by atoms with van der Waals surface area (Å²) in [5, 5.41) is 0. The van der Waals surface area contributed by atoms with Crippen LogP contribution >= 0.6 is 0 Å². The number of nitrogens with two attached hydrogens (primary N) is 1. The van der Waals surface area contributed by atoms with Gasteiger partial charge in [-0.3, -0.25) is 4.98 Å². The van der Waals surface area contributed by atoms with Gasteiger partial charge in [-0.05, 0) is 31.4 Å². The summed E-state index contributed by atoms with van der Waals surface area (Å²) in [4.78, 5) is 8.75. The fourth-order valence-corrected chi connectivity index (χ4v) is 2.09. The van der Waals surface area contributed by atoms with Crippen molar-refractivity contribution in [3.63, 3.8) is 0 Å². The van der Waals surface area contributed by atoms with E-state index in [9.17, 15) is 0 Å². The van der Waals surface area contributed by atoms with Crippen molar-refractivity contribution in [2.45, 2.75) is 34.2 Å². The van der Waals surface area contributed by atoms with Gasteiger partial charge in [0.05, 0.1) is 0 Å². The van der Waals surface area contributed by atoms with Gasteiger partial charge in [0.2, 0.25) is 0 Å².